The predicted molar refractivity (Wildman–Crippen MR) is 179 cm³/mol. The highest BCUT2D eigenvalue weighted by molar-refractivity contribution is 5.78. The van der Waals surface area contributed by atoms with Crippen LogP contribution in [0.3, 0.4) is 0 Å². The van der Waals surface area contributed by atoms with Gasteiger partial charge in [0, 0.05) is 33.8 Å². The van der Waals surface area contributed by atoms with Crippen LogP contribution in [-0.2, 0) is 0 Å². The van der Waals surface area contributed by atoms with Gasteiger partial charge in [-0.15, -0.1) is 0 Å². The average Bonchev–Trinajstić information content (AvgIpc) is 2.98. The molecule has 4 nitrogen and oxygen atoms in total. The molecule has 0 aliphatic heterocycles. The lowest BCUT2D eigenvalue weighted by Gasteiger charge is -2.25. The molecular formula is C39H36N4. The van der Waals surface area contributed by atoms with Crippen molar-refractivity contribution >= 4 is 17.1 Å². The summed E-state index contributed by atoms with van der Waals surface area (Å²) in [6, 6.07) is 38.2. The summed E-state index contributed by atoms with van der Waals surface area (Å²) in [5, 5.41) is 0. The normalized spacial score (nSPS) is 11.0. The second-order valence-corrected chi connectivity index (χ2v) is 11.4. The molecule has 0 amide bonds. The molecule has 43 heavy (non-hydrogen) atoms. The van der Waals surface area contributed by atoms with E-state index in [1.807, 2.05) is 12.1 Å². The average molecular weight is 561 g/mol. The Bertz CT molecular complexity index is 1750. The summed E-state index contributed by atoms with van der Waals surface area (Å²) in [5.74, 6) is 2.07. The van der Waals surface area contributed by atoms with Crippen molar-refractivity contribution in [2.24, 2.45) is 0 Å². The van der Waals surface area contributed by atoms with Crippen molar-refractivity contribution in [1.82, 2.24) is 15.0 Å². The first-order valence-corrected chi connectivity index (χ1v) is 14.7. The van der Waals surface area contributed by atoms with E-state index in [2.05, 4.69) is 144 Å². The maximum atomic E-state index is 5.10. The van der Waals surface area contributed by atoms with Crippen LogP contribution in [0.2, 0.25) is 0 Å². The Kier molecular flexibility index (Phi) is 7.60. The Morgan fingerprint density at radius 1 is 0.395 bits per heavy atom. The molecule has 0 unspecified atom stereocenters. The Labute approximate surface area is 254 Å². The lowest BCUT2D eigenvalue weighted by Crippen LogP contribution is -2.09. The summed E-state index contributed by atoms with van der Waals surface area (Å²) < 4.78 is 0. The maximum absolute atomic E-state index is 5.10. The van der Waals surface area contributed by atoms with Gasteiger partial charge in [-0.25, -0.2) is 15.0 Å². The van der Waals surface area contributed by atoms with Gasteiger partial charge in [-0.05, 0) is 112 Å². The zero-order valence-electron chi connectivity index (χ0n) is 25.7. The fourth-order valence-corrected chi connectivity index (χ4v) is 6.16. The summed E-state index contributed by atoms with van der Waals surface area (Å²) in [6.45, 7) is 12.8. The van der Waals surface area contributed by atoms with Gasteiger partial charge in [-0.2, -0.15) is 0 Å². The van der Waals surface area contributed by atoms with Crippen LogP contribution in [-0.4, -0.2) is 15.0 Å². The van der Waals surface area contributed by atoms with Crippen molar-refractivity contribution in [1.29, 1.82) is 0 Å². The largest absolute Gasteiger partial charge is 0.311 e. The van der Waals surface area contributed by atoms with Crippen LogP contribution < -0.4 is 4.90 Å². The van der Waals surface area contributed by atoms with Gasteiger partial charge in [0.05, 0.1) is 0 Å². The van der Waals surface area contributed by atoms with E-state index in [0.29, 0.717) is 17.5 Å². The topological polar surface area (TPSA) is 41.9 Å². The van der Waals surface area contributed by atoms with E-state index in [4.69, 9.17) is 15.0 Å². The van der Waals surface area contributed by atoms with Gasteiger partial charge in [-0.1, -0.05) is 71.8 Å². The summed E-state index contributed by atoms with van der Waals surface area (Å²) >= 11 is 0. The van der Waals surface area contributed by atoms with Gasteiger partial charge >= 0.3 is 0 Å². The molecule has 1 aromatic heterocycles. The number of aromatic nitrogens is 3. The van der Waals surface area contributed by atoms with Crippen molar-refractivity contribution in [2.75, 3.05) is 4.90 Å². The molecule has 0 atom stereocenters. The highest BCUT2D eigenvalue weighted by Crippen LogP contribution is 2.36. The standard InChI is InChI=1S/C39H36N4/c1-25-21-27(3)35(28(4)22-25)38-40-37(41-39(42-38)36-29(5)23-26(2)24-30(36)6)31-17-19-34(20-18-31)43(32-13-9-7-10-14-32)33-15-11-8-12-16-33/h7-24H,1-6H3. The summed E-state index contributed by atoms with van der Waals surface area (Å²) in [5.41, 5.74) is 13.4. The molecule has 212 valence electrons. The Morgan fingerprint density at radius 3 is 1.14 bits per heavy atom. The van der Waals surface area contributed by atoms with Crippen molar-refractivity contribution in [3.63, 3.8) is 0 Å². The third-order valence-corrected chi connectivity index (χ3v) is 7.85. The van der Waals surface area contributed by atoms with Gasteiger partial charge in [0.2, 0.25) is 0 Å². The maximum Gasteiger partial charge on any atom is 0.164 e. The Morgan fingerprint density at radius 2 is 0.744 bits per heavy atom. The number of aryl methyl sites for hydroxylation is 6. The molecule has 0 spiro atoms. The van der Waals surface area contributed by atoms with E-state index < -0.39 is 0 Å². The first-order chi connectivity index (χ1) is 20.8. The van der Waals surface area contributed by atoms with Gasteiger partial charge in [0.1, 0.15) is 0 Å². The zero-order chi connectivity index (χ0) is 30.1. The molecule has 0 radical (unpaired) electrons. The minimum atomic E-state index is 0.663. The van der Waals surface area contributed by atoms with E-state index in [-0.39, 0.29) is 0 Å². The number of rotatable bonds is 6. The molecule has 0 fully saturated rings. The number of nitrogens with zero attached hydrogens (tertiary/aromatic N) is 4. The highest BCUT2D eigenvalue weighted by atomic mass is 15.1. The van der Waals surface area contributed by atoms with Crippen LogP contribution in [0.5, 0.6) is 0 Å². The van der Waals surface area contributed by atoms with Crippen LogP contribution in [0.4, 0.5) is 17.1 Å². The van der Waals surface area contributed by atoms with Crippen molar-refractivity contribution in [3.8, 4) is 34.2 Å². The number of hydrogen-bond acceptors (Lipinski definition) is 4. The molecule has 1 heterocycles. The molecule has 6 aromatic rings. The van der Waals surface area contributed by atoms with Crippen LogP contribution >= 0.6 is 0 Å². The smallest absolute Gasteiger partial charge is 0.164 e. The first-order valence-electron chi connectivity index (χ1n) is 14.7. The molecule has 0 aliphatic carbocycles. The number of para-hydroxylation sites is 2. The predicted octanol–water partition coefficient (Wildman–Crippen LogP) is 10.2. The summed E-state index contributed by atoms with van der Waals surface area (Å²) in [6.07, 6.45) is 0. The minimum Gasteiger partial charge on any atom is -0.311 e. The zero-order valence-corrected chi connectivity index (χ0v) is 25.7. The molecule has 0 N–H and O–H groups in total. The molecule has 0 bridgehead atoms. The fourth-order valence-electron chi connectivity index (χ4n) is 6.16. The van der Waals surface area contributed by atoms with Crippen LogP contribution in [0, 0.1) is 41.5 Å². The third-order valence-electron chi connectivity index (χ3n) is 7.85. The number of benzene rings is 5. The molecule has 5 aromatic carbocycles. The van der Waals surface area contributed by atoms with Gasteiger partial charge in [-0.3, -0.25) is 0 Å². The Balaban J connectivity index is 1.51. The highest BCUT2D eigenvalue weighted by Gasteiger charge is 2.19. The van der Waals surface area contributed by atoms with Crippen LogP contribution in [0.15, 0.2) is 109 Å². The van der Waals surface area contributed by atoms with Crippen molar-refractivity contribution in [3.05, 3.63) is 143 Å². The molecule has 0 saturated carbocycles. The van der Waals surface area contributed by atoms with Crippen LogP contribution in [0.1, 0.15) is 33.4 Å². The fraction of sp³-hybridized carbons (Fsp3) is 0.154. The van der Waals surface area contributed by atoms with E-state index in [1.165, 1.54) is 11.1 Å². The van der Waals surface area contributed by atoms with E-state index in [9.17, 15) is 0 Å². The quantitative estimate of drug-likeness (QED) is 0.203. The number of hydrogen-bond donors (Lipinski definition) is 0. The van der Waals surface area contributed by atoms with Gasteiger partial charge in [0.15, 0.2) is 17.5 Å². The van der Waals surface area contributed by atoms with E-state index in [1.54, 1.807) is 0 Å². The molecule has 0 aliphatic rings. The third kappa shape index (κ3) is 5.69. The van der Waals surface area contributed by atoms with Gasteiger partial charge < -0.3 is 4.90 Å². The van der Waals surface area contributed by atoms with Crippen molar-refractivity contribution < 1.29 is 0 Å². The molecule has 4 heteroatoms. The summed E-state index contributed by atoms with van der Waals surface area (Å²) in [4.78, 5) is 17.5. The lowest BCUT2D eigenvalue weighted by molar-refractivity contribution is 1.06. The number of anilines is 3. The van der Waals surface area contributed by atoms with Gasteiger partial charge in [0.25, 0.3) is 0 Å². The van der Waals surface area contributed by atoms with Crippen molar-refractivity contribution in [2.45, 2.75) is 41.5 Å². The monoisotopic (exact) mass is 560 g/mol. The molecular weight excluding hydrogens is 524 g/mol. The Hall–Kier alpha value is -5.09. The molecule has 0 saturated heterocycles. The molecule has 6 rings (SSSR count). The SMILES string of the molecule is Cc1cc(C)c(-c2nc(-c3ccc(N(c4ccccc4)c4ccccc4)cc3)nc(-c3c(C)cc(C)cc3C)n2)c(C)c1. The second-order valence-electron chi connectivity index (χ2n) is 11.4. The lowest BCUT2D eigenvalue weighted by atomic mass is 9.97. The van der Waals surface area contributed by atoms with E-state index in [0.717, 1.165) is 56.0 Å². The minimum absolute atomic E-state index is 0.663. The second kappa shape index (κ2) is 11.7. The van der Waals surface area contributed by atoms with Crippen LogP contribution in [0.25, 0.3) is 34.2 Å². The van der Waals surface area contributed by atoms with E-state index >= 15 is 0 Å². The summed E-state index contributed by atoms with van der Waals surface area (Å²) in [7, 11) is 0. The first kappa shape index (κ1) is 28.0.